The van der Waals surface area contributed by atoms with E-state index in [-0.39, 0.29) is 23.3 Å². The number of nitrogens with zero attached hydrogens (tertiary/aromatic N) is 3. The van der Waals surface area contributed by atoms with Gasteiger partial charge in [0.05, 0.1) is 29.3 Å². The number of aryl methyl sites for hydroxylation is 2. The number of fused-ring (bicyclic) bond motifs is 1. The largest absolute Gasteiger partial charge is 0.377 e. The molecular formula is C20H28N4O4. The van der Waals surface area contributed by atoms with Gasteiger partial charge in [-0.3, -0.25) is 18.8 Å². The van der Waals surface area contributed by atoms with Gasteiger partial charge in [-0.05, 0) is 37.5 Å². The molecule has 0 radical (unpaired) electrons. The number of nitrogens with one attached hydrogen (secondary N) is 1. The molecule has 3 heterocycles. The Hall–Kier alpha value is -2.16. The monoisotopic (exact) mass is 388 g/mol. The molecule has 0 saturated carbocycles. The van der Waals surface area contributed by atoms with Crippen molar-refractivity contribution < 1.29 is 14.3 Å². The summed E-state index contributed by atoms with van der Waals surface area (Å²) >= 11 is 0. The molecule has 1 aromatic carbocycles. The maximum atomic E-state index is 12.6. The molecule has 2 aromatic rings. The van der Waals surface area contributed by atoms with Crippen LogP contribution in [0.2, 0.25) is 0 Å². The van der Waals surface area contributed by atoms with Crippen LogP contribution in [0.25, 0.3) is 11.0 Å². The predicted molar refractivity (Wildman–Crippen MR) is 107 cm³/mol. The number of rotatable bonds is 4. The lowest BCUT2D eigenvalue weighted by atomic mass is 9.86. The van der Waals surface area contributed by atoms with Crippen molar-refractivity contribution in [3.63, 3.8) is 0 Å². The van der Waals surface area contributed by atoms with Crippen molar-refractivity contribution in [2.75, 3.05) is 38.7 Å². The lowest BCUT2D eigenvalue weighted by Gasteiger charge is -2.44. The van der Waals surface area contributed by atoms with Crippen LogP contribution in [0.1, 0.15) is 19.3 Å². The first-order valence-corrected chi connectivity index (χ1v) is 9.78. The van der Waals surface area contributed by atoms with Gasteiger partial charge in [0.1, 0.15) is 0 Å². The summed E-state index contributed by atoms with van der Waals surface area (Å²) in [7, 11) is 5.19. The number of likely N-dealkylation sites (tertiary alicyclic amines) is 1. The zero-order valence-corrected chi connectivity index (χ0v) is 16.7. The Bertz CT molecular complexity index is 942. The van der Waals surface area contributed by atoms with E-state index in [2.05, 4.69) is 10.2 Å². The summed E-state index contributed by atoms with van der Waals surface area (Å²) in [4.78, 5) is 26.8. The van der Waals surface area contributed by atoms with Crippen molar-refractivity contribution in [2.24, 2.45) is 14.1 Å². The first kappa shape index (κ1) is 19.2. The molecule has 2 atom stereocenters. The number of carbonyl (C=O) groups excluding carboxylic acids is 1. The summed E-state index contributed by atoms with van der Waals surface area (Å²) in [5, 5.41) is 2.95. The number of imidazole rings is 1. The van der Waals surface area contributed by atoms with Crippen molar-refractivity contribution in [3.05, 3.63) is 28.7 Å². The summed E-state index contributed by atoms with van der Waals surface area (Å²) in [5.74, 6) is -0.0709. The standard InChI is InChI=1S/C20H28N4O4/c1-22-15-6-5-14(11-16(15)23(2)19(22)26)21-18(25)13-24-9-8-20(7-4-10-28-20)17(12-24)27-3/h5-6,11,17H,4,7-10,12-13H2,1-3H3,(H,21,25). The Balaban J connectivity index is 1.41. The van der Waals surface area contributed by atoms with Gasteiger partial charge in [-0.1, -0.05) is 0 Å². The summed E-state index contributed by atoms with van der Waals surface area (Å²) in [6, 6.07) is 5.52. The molecular weight excluding hydrogens is 360 g/mol. The Labute approximate surface area is 164 Å². The van der Waals surface area contributed by atoms with Gasteiger partial charge in [0.2, 0.25) is 5.91 Å². The van der Waals surface area contributed by atoms with Crippen LogP contribution in [-0.4, -0.2) is 65.0 Å². The van der Waals surface area contributed by atoms with E-state index in [1.54, 1.807) is 30.3 Å². The minimum Gasteiger partial charge on any atom is -0.377 e. The van der Waals surface area contributed by atoms with Crippen molar-refractivity contribution in [1.82, 2.24) is 14.0 Å². The fourth-order valence-corrected chi connectivity index (χ4v) is 4.59. The van der Waals surface area contributed by atoms with E-state index >= 15 is 0 Å². The number of piperidine rings is 1. The van der Waals surface area contributed by atoms with Crippen LogP contribution in [0.4, 0.5) is 5.69 Å². The molecule has 1 N–H and O–H groups in total. The van der Waals surface area contributed by atoms with E-state index in [4.69, 9.17) is 9.47 Å². The maximum absolute atomic E-state index is 12.6. The van der Waals surface area contributed by atoms with Gasteiger partial charge in [-0.15, -0.1) is 0 Å². The van der Waals surface area contributed by atoms with E-state index < -0.39 is 0 Å². The quantitative estimate of drug-likeness (QED) is 0.848. The lowest BCUT2D eigenvalue weighted by molar-refractivity contribution is -0.145. The van der Waals surface area contributed by atoms with E-state index in [9.17, 15) is 9.59 Å². The summed E-state index contributed by atoms with van der Waals surface area (Å²) in [6.07, 6.45) is 2.98. The van der Waals surface area contributed by atoms with E-state index in [1.807, 2.05) is 18.2 Å². The number of methoxy groups -OCH3 is 1. The van der Waals surface area contributed by atoms with Crippen LogP contribution < -0.4 is 11.0 Å². The highest BCUT2D eigenvalue weighted by Crippen LogP contribution is 2.37. The van der Waals surface area contributed by atoms with Crippen molar-refractivity contribution >= 4 is 22.6 Å². The average Bonchev–Trinajstić information content (AvgIpc) is 3.24. The van der Waals surface area contributed by atoms with Crippen LogP contribution in [0.5, 0.6) is 0 Å². The smallest absolute Gasteiger partial charge is 0.328 e. The minimum absolute atomic E-state index is 0.00764. The topological polar surface area (TPSA) is 77.7 Å². The van der Waals surface area contributed by atoms with Crippen LogP contribution in [0.3, 0.4) is 0 Å². The van der Waals surface area contributed by atoms with Gasteiger partial charge in [0, 0.05) is 46.6 Å². The number of hydrogen-bond donors (Lipinski definition) is 1. The van der Waals surface area contributed by atoms with Gasteiger partial charge in [0.15, 0.2) is 0 Å². The van der Waals surface area contributed by atoms with Gasteiger partial charge < -0.3 is 14.8 Å². The van der Waals surface area contributed by atoms with Crippen LogP contribution in [-0.2, 0) is 28.4 Å². The number of benzene rings is 1. The molecule has 2 aliphatic rings. The normalized spacial score (nSPS) is 25.6. The molecule has 1 aromatic heterocycles. The maximum Gasteiger partial charge on any atom is 0.328 e. The summed E-state index contributed by atoms with van der Waals surface area (Å²) in [6.45, 7) is 2.61. The molecule has 0 bridgehead atoms. The lowest BCUT2D eigenvalue weighted by Crippen LogP contribution is -2.57. The van der Waals surface area contributed by atoms with Gasteiger partial charge in [-0.2, -0.15) is 0 Å². The molecule has 2 unspecified atom stereocenters. The molecule has 8 nitrogen and oxygen atoms in total. The Morgan fingerprint density at radius 2 is 2.07 bits per heavy atom. The first-order valence-electron chi connectivity index (χ1n) is 9.78. The third kappa shape index (κ3) is 3.25. The van der Waals surface area contributed by atoms with Crippen molar-refractivity contribution in [2.45, 2.75) is 31.0 Å². The highest BCUT2D eigenvalue weighted by molar-refractivity contribution is 5.94. The van der Waals surface area contributed by atoms with Gasteiger partial charge in [-0.25, -0.2) is 4.79 Å². The molecule has 2 saturated heterocycles. The SMILES string of the molecule is COC1CN(CC(=O)Nc2ccc3c(c2)n(C)c(=O)n3C)CCC12CCCO2. The molecule has 1 amide bonds. The highest BCUT2D eigenvalue weighted by Gasteiger charge is 2.46. The van der Waals surface area contributed by atoms with Crippen molar-refractivity contribution in [3.8, 4) is 0 Å². The summed E-state index contributed by atoms with van der Waals surface area (Å²) in [5.41, 5.74) is 2.06. The van der Waals surface area contributed by atoms with Crippen LogP contribution in [0.15, 0.2) is 23.0 Å². The fourth-order valence-electron chi connectivity index (χ4n) is 4.59. The zero-order valence-electron chi connectivity index (χ0n) is 16.7. The molecule has 1 spiro atoms. The molecule has 2 fully saturated rings. The minimum atomic E-state index is -0.176. The second-order valence-electron chi connectivity index (χ2n) is 7.88. The summed E-state index contributed by atoms with van der Waals surface area (Å²) < 4.78 is 14.9. The van der Waals surface area contributed by atoms with E-state index in [0.29, 0.717) is 18.8 Å². The molecule has 2 aliphatic heterocycles. The number of anilines is 1. The number of hydrogen-bond acceptors (Lipinski definition) is 5. The van der Waals surface area contributed by atoms with Crippen LogP contribution in [0, 0.1) is 0 Å². The fraction of sp³-hybridized carbons (Fsp3) is 0.600. The number of ether oxygens (including phenoxy) is 2. The predicted octanol–water partition coefficient (Wildman–Crippen LogP) is 1.09. The van der Waals surface area contributed by atoms with Crippen LogP contribution >= 0.6 is 0 Å². The molecule has 0 aliphatic carbocycles. The van der Waals surface area contributed by atoms with Gasteiger partial charge >= 0.3 is 5.69 Å². The van der Waals surface area contributed by atoms with Crippen molar-refractivity contribution in [1.29, 1.82) is 0 Å². The second kappa shape index (κ2) is 7.35. The molecule has 4 rings (SSSR count). The number of amides is 1. The zero-order chi connectivity index (χ0) is 19.9. The van der Waals surface area contributed by atoms with Gasteiger partial charge in [0.25, 0.3) is 0 Å². The second-order valence-corrected chi connectivity index (χ2v) is 7.88. The molecule has 8 heteroatoms. The highest BCUT2D eigenvalue weighted by atomic mass is 16.5. The third-order valence-corrected chi connectivity index (χ3v) is 6.20. The molecule has 152 valence electrons. The Kier molecular flexibility index (Phi) is 5.03. The number of carbonyl (C=O) groups is 1. The van der Waals surface area contributed by atoms with E-state index in [1.165, 1.54) is 0 Å². The Morgan fingerprint density at radius 3 is 2.79 bits per heavy atom. The molecule has 28 heavy (non-hydrogen) atoms. The number of aromatic nitrogens is 2. The average molecular weight is 388 g/mol. The Morgan fingerprint density at radius 1 is 1.29 bits per heavy atom. The van der Waals surface area contributed by atoms with E-state index in [0.717, 1.165) is 43.4 Å². The third-order valence-electron chi connectivity index (χ3n) is 6.20. The first-order chi connectivity index (χ1) is 13.4.